The number of hydrogen-bond acceptors (Lipinski definition) is 3. The maximum absolute atomic E-state index is 11.8. The average molecular weight is 261 g/mol. The van der Waals surface area contributed by atoms with Gasteiger partial charge in [0, 0.05) is 12.6 Å². The highest BCUT2D eigenvalue weighted by Crippen LogP contribution is 2.12. The molecule has 1 aliphatic rings. The Bertz CT molecular complexity index is 311. The number of alkyl halides is 3. The van der Waals surface area contributed by atoms with Crippen LogP contribution in [0.2, 0.25) is 0 Å². The van der Waals surface area contributed by atoms with E-state index in [2.05, 4.69) is 10.0 Å². The van der Waals surface area contributed by atoms with E-state index in [0.29, 0.717) is 0 Å². The van der Waals surface area contributed by atoms with Crippen LogP contribution in [0.25, 0.3) is 0 Å². The van der Waals surface area contributed by atoms with Gasteiger partial charge in [-0.2, -0.15) is 26.3 Å². The molecule has 0 radical (unpaired) electrons. The number of rotatable bonds is 5. The lowest BCUT2D eigenvalue weighted by atomic mass is 10.2. The summed E-state index contributed by atoms with van der Waals surface area (Å²) in [6.45, 7) is -0.643. The van der Waals surface area contributed by atoms with E-state index in [1.165, 1.54) is 4.72 Å². The first kappa shape index (κ1) is 13.7. The van der Waals surface area contributed by atoms with Crippen molar-refractivity contribution in [1.82, 2.24) is 14.8 Å². The Morgan fingerprint density at radius 2 is 2.00 bits per heavy atom. The van der Waals surface area contributed by atoms with E-state index in [-0.39, 0.29) is 12.6 Å². The Hall–Kier alpha value is -0.380. The fraction of sp³-hybridized carbons (Fsp3) is 1.00. The Kier molecular flexibility index (Phi) is 4.53. The lowest BCUT2D eigenvalue weighted by Gasteiger charge is -2.13. The number of halogens is 3. The van der Waals surface area contributed by atoms with Gasteiger partial charge in [0.2, 0.25) is 0 Å². The molecule has 0 amide bonds. The van der Waals surface area contributed by atoms with Crippen molar-refractivity contribution in [2.24, 2.45) is 0 Å². The van der Waals surface area contributed by atoms with Crippen molar-refractivity contribution in [3.63, 3.8) is 0 Å². The van der Waals surface area contributed by atoms with Gasteiger partial charge < -0.3 is 5.32 Å². The molecule has 5 nitrogen and oxygen atoms in total. The minimum atomic E-state index is -4.54. The summed E-state index contributed by atoms with van der Waals surface area (Å²) < 4.78 is 61.0. The lowest BCUT2D eigenvalue weighted by Crippen LogP contribution is -2.45. The molecule has 3 N–H and O–H groups in total. The molecule has 1 saturated heterocycles. The van der Waals surface area contributed by atoms with Crippen molar-refractivity contribution in [3.8, 4) is 0 Å². The fourth-order valence-corrected chi connectivity index (χ4v) is 2.25. The van der Waals surface area contributed by atoms with Gasteiger partial charge in [-0.05, 0) is 19.4 Å². The summed E-state index contributed by atoms with van der Waals surface area (Å²) >= 11 is 0. The van der Waals surface area contributed by atoms with Crippen LogP contribution in [0, 0.1) is 0 Å². The van der Waals surface area contributed by atoms with E-state index >= 15 is 0 Å². The summed E-state index contributed by atoms with van der Waals surface area (Å²) in [5.41, 5.74) is 0. The van der Waals surface area contributed by atoms with E-state index in [1.54, 1.807) is 0 Å². The van der Waals surface area contributed by atoms with Crippen LogP contribution in [-0.4, -0.2) is 40.3 Å². The fourth-order valence-electron chi connectivity index (χ4n) is 1.37. The molecule has 0 bridgehead atoms. The van der Waals surface area contributed by atoms with Crippen molar-refractivity contribution >= 4 is 10.2 Å². The second-order valence-electron chi connectivity index (χ2n) is 3.58. The second-order valence-corrected chi connectivity index (χ2v) is 5.17. The Morgan fingerprint density at radius 1 is 1.31 bits per heavy atom. The molecule has 1 aliphatic heterocycles. The molecule has 1 heterocycles. The molecule has 96 valence electrons. The maximum Gasteiger partial charge on any atom is 0.402 e. The molecule has 1 atom stereocenters. The SMILES string of the molecule is O=S(=O)(NCC1CCCN1)NCC(F)(F)F. The van der Waals surface area contributed by atoms with E-state index in [0.717, 1.165) is 19.4 Å². The smallest absolute Gasteiger partial charge is 0.313 e. The van der Waals surface area contributed by atoms with Gasteiger partial charge in [0.25, 0.3) is 10.2 Å². The highest BCUT2D eigenvalue weighted by molar-refractivity contribution is 7.87. The zero-order valence-corrected chi connectivity index (χ0v) is 9.29. The van der Waals surface area contributed by atoms with Gasteiger partial charge in [-0.25, -0.2) is 4.72 Å². The minimum absolute atomic E-state index is 0.00228. The summed E-state index contributed by atoms with van der Waals surface area (Å²) in [4.78, 5) is 0. The van der Waals surface area contributed by atoms with E-state index in [1.807, 2.05) is 0 Å². The van der Waals surface area contributed by atoms with Gasteiger partial charge in [0.1, 0.15) is 6.54 Å². The molecular formula is C7H14F3N3O2S. The second kappa shape index (κ2) is 5.30. The third kappa shape index (κ3) is 5.64. The largest absolute Gasteiger partial charge is 0.402 e. The first-order valence-corrected chi connectivity index (χ1v) is 6.31. The molecule has 1 unspecified atom stereocenters. The molecular weight excluding hydrogens is 247 g/mol. The minimum Gasteiger partial charge on any atom is -0.313 e. The van der Waals surface area contributed by atoms with Crippen LogP contribution in [0.3, 0.4) is 0 Å². The van der Waals surface area contributed by atoms with Crippen LogP contribution < -0.4 is 14.8 Å². The molecule has 0 aromatic carbocycles. The van der Waals surface area contributed by atoms with Gasteiger partial charge in [0.15, 0.2) is 0 Å². The van der Waals surface area contributed by atoms with Crippen LogP contribution in [0.1, 0.15) is 12.8 Å². The van der Waals surface area contributed by atoms with E-state index in [9.17, 15) is 21.6 Å². The monoisotopic (exact) mass is 261 g/mol. The predicted molar refractivity (Wildman–Crippen MR) is 52.0 cm³/mol. The molecule has 1 fully saturated rings. The molecule has 0 saturated carbocycles. The molecule has 0 spiro atoms. The summed E-state index contributed by atoms with van der Waals surface area (Å²) in [7, 11) is -4.06. The van der Waals surface area contributed by atoms with Crippen molar-refractivity contribution in [2.45, 2.75) is 25.1 Å². The quantitative estimate of drug-likeness (QED) is 0.638. The van der Waals surface area contributed by atoms with Crippen molar-refractivity contribution in [2.75, 3.05) is 19.6 Å². The Balaban J connectivity index is 2.28. The van der Waals surface area contributed by atoms with Gasteiger partial charge in [-0.3, -0.25) is 0 Å². The van der Waals surface area contributed by atoms with Gasteiger partial charge in [0.05, 0.1) is 0 Å². The zero-order chi connectivity index (χ0) is 12.2. The van der Waals surface area contributed by atoms with Crippen LogP contribution in [-0.2, 0) is 10.2 Å². The van der Waals surface area contributed by atoms with Crippen molar-refractivity contribution in [3.05, 3.63) is 0 Å². The average Bonchev–Trinajstić information content (AvgIpc) is 2.64. The lowest BCUT2D eigenvalue weighted by molar-refractivity contribution is -0.121. The van der Waals surface area contributed by atoms with Crippen molar-refractivity contribution < 1.29 is 21.6 Å². The van der Waals surface area contributed by atoms with Crippen LogP contribution in [0.15, 0.2) is 0 Å². The van der Waals surface area contributed by atoms with Crippen LogP contribution in [0.4, 0.5) is 13.2 Å². The summed E-state index contributed by atoms with van der Waals surface area (Å²) in [6.07, 6.45) is -2.77. The predicted octanol–water partition coefficient (Wildman–Crippen LogP) is -0.275. The van der Waals surface area contributed by atoms with Gasteiger partial charge in [-0.1, -0.05) is 0 Å². The molecule has 1 rings (SSSR count). The van der Waals surface area contributed by atoms with Crippen LogP contribution in [0.5, 0.6) is 0 Å². The molecule has 0 aliphatic carbocycles. The summed E-state index contributed by atoms with van der Waals surface area (Å²) in [6, 6.07) is 0.00228. The van der Waals surface area contributed by atoms with Crippen molar-refractivity contribution in [1.29, 1.82) is 0 Å². The third-order valence-electron chi connectivity index (χ3n) is 2.14. The van der Waals surface area contributed by atoms with E-state index < -0.39 is 22.9 Å². The topological polar surface area (TPSA) is 70.2 Å². The van der Waals surface area contributed by atoms with Crippen LogP contribution >= 0.6 is 0 Å². The van der Waals surface area contributed by atoms with E-state index in [4.69, 9.17) is 0 Å². The highest BCUT2D eigenvalue weighted by atomic mass is 32.2. The molecule has 16 heavy (non-hydrogen) atoms. The molecule has 0 aromatic rings. The third-order valence-corrected chi connectivity index (χ3v) is 3.22. The first-order valence-electron chi connectivity index (χ1n) is 4.83. The number of nitrogens with one attached hydrogen (secondary N) is 3. The Labute approximate surface area is 92.0 Å². The normalized spacial score (nSPS) is 22.6. The maximum atomic E-state index is 11.8. The highest BCUT2D eigenvalue weighted by Gasteiger charge is 2.29. The summed E-state index contributed by atoms with van der Waals surface area (Å²) in [5, 5.41) is 3.02. The molecule has 0 aromatic heterocycles. The van der Waals surface area contributed by atoms with Gasteiger partial charge in [-0.15, -0.1) is 0 Å². The number of hydrogen-bond donors (Lipinski definition) is 3. The zero-order valence-electron chi connectivity index (χ0n) is 8.47. The standard InChI is InChI=1S/C7H14F3N3O2S/c8-7(9,10)5-13-16(14,15)12-4-6-2-1-3-11-6/h6,11-13H,1-5H2. The first-order chi connectivity index (χ1) is 7.29. The summed E-state index contributed by atoms with van der Waals surface area (Å²) in [5.74, 6) is 0. The Morgan fingerprint density at radius 3 is 2.50 bits per heavy atom. The van der Waals surface area contributed by atoms with Gasteiger partial charge >= 0.3 is 6.18 Å². The molecule has 9 heteroatoms.